The molecule has 5 heteroatoms. The van der Waals surface area contributed by atoms with Gasteiger partial charge in [-0.25, -0.2) is 0 Å². The second-order valence-electron chi connectivity index (χ2n) is 18.9. The molecule has 4 nitrogen and oxygen atoms in total. The van der Waals surface area contributed by atoms with E-state index in [9.17, 15) is 0 Å². The van der Waals surface area contributed by atoms with Gasteiger partial charge in [0.05, 0.1) is 17.1 Å². The highest BCUT2D eigenvalue weighted by Gasteiger charge is 2.45. The van der Waals surface area contributed by atoms with Gasteiger partial charge in [-0.05, 0) is 120 Å². The van der Waals surface area contributed by atoms with E-state index in [2.05, 4.69) is 239 Å². The first kappa shape index (κ1) is 41.0. The number of hydrogen-bond acceptors (Lipinski definition) is 4. The van der Waals surface area contributed by atoms with Gasteiger partial charge < -0.3 is 19.1 Å². The van der Waals surface area contributed by atoms with Gasteiger partial charge in [0.15, 0.2) is 5.58 Å². The molecule has 0 atom stereocenters. The maximum atomic E-state index is 6.96. The molecule has 11 rings (SSSR count). The van der Waals surface area contributed by atoms with Crippen molar-refractivity contribution >= 4 is 102 Å². The number of fused-ring (bicyclic) bond motifs is 7. The Kier molecular flexibility index (Phi) is 9.78. The van der Waals surface area contributed by atoms with Crippen molar-refractivity contribution in [2.75, 3.05) is 14.7 Å². The zero-order valence-corrected chi connectivity index (χ0v) is 38.6. The van der Waals surface area contributed by atoms with Crippen LogP contribution in [0.1, 0.15) is 48.6 Å². The molecule has 9 aromatic rings. The van der Waals surface area contributed by atoms with Crippen LogP contribution in [0.2, 0.25) is 0 Å². The zero-order valence-electron chi connectivity index (χ0n) is 38.6. The van der Waals surface area contributed by atoms with Crippen LogP contribution < -0.4 is 31.1 Å². The molecular weight excluding hydrogens is 802 g/mol. The standard InChI is InChI=1S/C61H52BN3O/c1-9-18-42(10-2)47-22-14-15-25-52(47)65-54-34-30-43(61(6,7)8)36-51(54)62-50-35-40(4)29-33-53(50)64(45-31-27-39(3)28-32-45)56-37-46(38-57(65)58(56)62)63(44-20-12-11-13-21-44)55-26-17-24-49-48-23-16-19-41(5)59(48)66-60(49)55/h9-38H,1-2H2,3-8H3/b42-18+. The van der Waals surface area contributed by atoms with Gasteiger partial charge in [-0.1, -0.05) is 166 Å². The van der Waals surface area contributed by atoms with Crippen LogP contribution in [0.3, 0.4) is 0 Å². The Morgan fingerprint density at radius 3 is 1.97 bits per heavy atom. The van der Waals surface area contributed by atoms with E-state index < -0.39 is 0 Å². The minimum atomic E-state index is -0.0716. The van der Waals surface area contributed by atoms with Crippen molar-refractivity contribution < 1.29 is 4.42 Å². The molecule has 0 bridgehead atoms. The van der Waals surface area contributed by atoms with Crippen LogP contribution in [-0.4, -0.2) is 6.71 Å². The van der Waals surface area contributed by atoms with Gasteiger partial charge in [0.2, 0.25) is 0 Å². The largest absolute Gasteiger partial charge is 0.454 e. The average molecular weight is 854 g/mol. The van der Waals surface area contributed by atoms with E-state index in [1.807, 2.05) is 12.2 Å². The topological polar surface area (TPSA) is 22.9 Å². The fraction of sp³-hybridized carbons (Fsp3) is 0.115. The average Bonchev–Trinajstić information content (AvgIpc) is 3.72. The molecule has 1 aromatic heterocycles. The summed E-state index contributed by atoms with van der Waals surface area (Å²) in [6.45, 7) is 21.8. The molecule has 2 aliphatic heterocycles. The molecule has 0 saturated carbocycles. The molecule has 0 unspecified atom stereocenters. The van der Waals surface area contributed by atoms with Gasteiger partial charge in [-0.3, -0.25) is 0 Å². The summed E-state index contributed by atoms with van der Waals surface area (Å²) in [7, 11) is 0. The van der Waals surface area contributed by atoms with Crippen molar-refractivity contribution in [2.24, 2.45) is 0 Å². The molecule has 8 aromatic carbocycles. The van der Waals surface area contributed by atoms with Gasteiger partial charge in [0.1, 0.15) is 5.58 Å². The smallest absolute Gasteiger partial charge is 0.252 e. The van der Waals surface area contributed by atoms with Gasteiger partial charge in [0.25, 0.3) is 6.71 Å². The number of rotatable bonds is 8. The number of para-hydroxylation sites is 4. The van der Waals surface area contributed by atoms with E-state index in [0.717, 1.165) is 84.1 Å². The Bertz CT molecular complexity index is 3440. The molecule has 2 aliphatic rings. The Balaban J connectivity index is 1.30. The SMILES string of the molecule is C=C/C=C(\C=C)c1ccccc1N1c2ccc(C(C)(C)C)cc2B2c3cc(C)ccc3N(c3ccc(C)cc3)c3cc(N(c4ccccc4)c4cccc5c4oc4c(C)cccc45)cc1c32. The van der Waals surface area contributed by atoms with Crippen LogP contribution in [0, 0.1) is 20.8 Å². The second kappa shape index (κ2) is 15.7. The predicted octanol–water partition coefficient (Wildman–Crippen LogP) is 15.1. The van der Waals surface area contributed by atoms with Crippen LogP contribution in [0.4, 0.5) is 51.2 Å². The van der Waals surface area contributed by atoms with E-state index in [0.29, 0.717) is 0 Å². The maximum Gasteiger partial charge on any atom is 0.252 e. The van der Waals surface area contributed by atoms with E-state index >= 15 is 0 Å². The van der Waals surface area contributed by atoms with Crippen molar-refractivity contribution in [2.45, 2.75) is 47.0 Å². The number of anilines is 9. The highest BCUT2D eigenvalue weighted by molar-refractivity contribution is 7.00. The first-order chi connectivity index (χ1) is 32.0. The molecular formula is C61H52BN3O. The minimum Gasteiger partial charge on any atom is -0.454 e. The molecule has 0 fully saturated rings. The van der Waals surface area contributed by atoms with Crippen molar-refractivity contribution in [1.82, 2.24) is 0 Å². The molecule has 66 heavy (non-hydrogen) atoms. The monoisotopic (exact) mass is 853 g/mol. The first-order valence-corrected chi connectivity index (χ1v) is 22.9. The summed E-state index contributed by atoms with van der Waals surface area (Å²) in [6.07, 6.45) is 5.84. The lowest BCUT2D eigenvalue weighted by molar-refractivity contribution is 0.591. The number of aryl methyl sites for hydroxylation is 3. The summed E-state index contributed by atoms with van der Waals surface area (Å²) in [5.74, 6) is 0. The Hall–Kier alpha value is -7.76. The van der Waals surface area contributed by atoms with Crippen molar-refractivity contribution in [3.63, 3.8) is 0 Å². The third-order valence-electron chi connectivity index (χ3n) is 13.6. The molecule has 0 spiro atoms. The highest BCUT2D eigenvalue weighted by Crippen LogP contribution is 2.50. The van der Waals surface area contributed by atoms with E-state index in [-0.39, 0.29) is 12.1 Å². The van der Waals surface area contributed by atoms with Gasteiger partial charge in [-0.15, -0.1) is 0 Å². The van der Waals surface area contributed by atoms with Crippen LogP contribution in [-0.2, 0) is 5.41 Å². The minimum absolute atomic E-state index is 0.0593. The van der Waals surface area contributed by atoms with Crippen molar-refractivity contribution in [3.8, 4) is 0 Å². The molecule has 0 saturated heterocycles. The van der Waals surface area contributed by atoms with Crippen LogP contribution in [0.5, 0.6) is 0 Å². The number of nitrogens with zero attached hydrogens (tertiary/aromatic N) is 3. The zero-order chi connectivity index (χ0) is 45.4. The second-order valence-corrected chi connectivity index (χ2v) is 18.9. The highest BCUT2D eigenvalue weighted by atomic mass is 16.3. The third kappa shape index (κ3) is 6.52. The number of hydrogen-bond donors (Lipinski definition) is 0. The summed E-state index contributed by atoms with van der Waals surface area (Å²) in [4.78, 5) is 7.40. The molecule has 0 N–H and O–H groups in total. The summed E-state index contributed by atoms with van der Waals surface area (Å²) in [5, 5.41) is 2.20. The molecule has 0 radical (unpaired) electrons. The lowest BCUT2D eigenvalue weighted by atomic mass is 9.33. The number of benzene rings is 8. The first-order valence-electron chi connectivity index (χ1n) is 22.9. The third-order valence-corrected chi connectivity index (χ3v) is 13.6. The lowest BCUT2D eigenvalue weighted by Gasteiger charge is -2.45. The van der Waals surface area contributed by atoms with Crippen LogP contribution in [0.15, 0.2) is 200 Å². The van der Waals surface area contributed by atoms with E-state index in [4.69, 9.17) is 4.42 Å². The van der Waals surface area contributed by atoms with Crippen LogP contribution in [0.25, 0.3) is 27.5 Å². The fourth-order valence-electron chi connectivity index (χ4n) is 10.4. The summed E-state index contributed by atoms with van der Waals surface area (Å²) >= 11 is 0. The van der Waals surface area contributed by atoms with Crippen molar-refractivity contribution in [1.29, 1.82) is 0 Å². The Labute approximate surface area is 389 Å². The van der Waals surface area contributed by atoms with Crippen LogP contribution >= 0.6 is 0 Å². The summed E-state index contributed by atoms with van der Waals surface area (Å²) in [5.41, 5.74) is 22.2. The fourth-order valence-corrected chi connectivity index (χ4v) is 10.4. The number of allylic oxidation sites excluding steroid dienone is 4. The Morgan fingerprint density at radius 1 is 0.576 bits per heavy atom. The Morgan fingerprint density at radius 2 is 1.23 bits per heavy atom. The van der Waals surface area contributed by atoms with Gasteiger partial charge >= 0.3 is 0 Å². The van der Waals surface area contributed by atoms with Gasteiger partial charge in [-0.2, -0.15) is 0 Å². The lowest BCUT2D eigenvalue weighted by Crippen LogP contribution is -2.61. The summed E-state index contributed by atoms with van der Waals surface area (Å²) in [6, 6.07) is 60.4. The van der Waals surface area contributed by atoms with E-state index in [1.54, 1.807) is 0 Å². The maximum absolute atomic E-state index is 6.96. The predicted molar refractivity (Wildman–Crippen MR) is 284 cm³/mol. The normalized spacial score (nSPS) is 13.1. The quantitative estimate of drug-likeness (QED) is 0.112. The summed E-state index contributed by atoms with van der Waals surface area (Å²) < 4.78 is 6.96. The molecule has 3 heterocycles. The van der Waals surface area contributed by atoms with Gasteiger partial charge in [0, 0.05) is 50.5 Å². The molecule has 0 amide bonds. The molecule has 320 valence electrons. The molecule has 0 aliphatic carbocycles. The van der Waals surface area contributed by atoms with E-state index in [1.165, 1.54) is 38.8 Å². The number of furan rings is 1. The van der Waals surface area contributed by atoms with Crippen molar-refractivity contribution in [3.05, 3.63) is 223 Å².